The minimum Gasteiger partial charge on any atom is -0.493 e. The Morgan fingerprint density at radius 1 is 1.06 bits per heavy atom. The summed E-state index contributed by atoms with van der Waals surface area (Å²) in [6.07, 6.45) is 2.42. The van der Waals surface area contributed by atoms with E-state index in [0.717, 1.165) is 29.0 Å². The van der Waals surface area contributed by atoms with Crippen molar-refractivity contribution >= 4 is 17.6 Å². The molecule has 0 bridgehead atoms. The van der Waals surface area contributed by atoms with Crippen LogP contribution in [0.25, 0.3) is 0 Å². The van der Waals surface area contributed by atoms with Crippen molar-refractivity contribution in [2.75, 3.05) is 18.5 Å². The Morgan fingerprint density at radius 2 is 1.84 bits per heavy atom. The molecule has 0 aromatic heterocycles. The SMILES string of the molecule is CCOC(=O)CCc1cccc(NC(=O)C(C)(C)CCCOc2cc(C)ccc2C)c1. The van der Waals surface area contributed by atoms with E-state index in [4.69, 9.17) is 9.47 Å². The first kappa shape index (κ1) is 24.4. The van der Waals surface area contributed by atoms with E-state index in [0.29, 0.717) is 32.5 Å². The van der Waals surface area contributed by atoms with Crippen LogP contribution in [-0.2, 0) is 20.7 Å². The van der Waals surface area contributed by atoms with Crippen LogP contribution in [0.4, 0.5) is 5.69 Å². The molecule has 0 unspecified atom stereocenters. The lowest BCUT2D eigenvalue weighted by molar-refractivity contribution is -0.143. The fourth-order valence-electron chi connectivity index (χ4n) is 3.26. The summed E-state index contributed by atoms with van der Waals surface area (Å²) >= 11 is 0. The van der Waals surface area contributed by atoms with Gasteiger partial charge in [0.25, 0.3) is 0 Å². The fraction of sp³-hybridized carbons (Fsp3) is 0.462. The smallest absolute Gasteiger partial charge is 0.306 e. The average molecular weight is 426 g/mol. The topological polar surface area (TPSA) is 64.6 Å². The number of hydrogen-bond donors (Lipinski definition) is 1. The molecule has 31 heavy (non-hydrogen) atoms. The summed E-state index contributed by atoms with van der Waals surface area (Å²) in [6, 6.07) is 13.8. The molecular formula is C26H35NO4. The van der Waals surface area contributed by atoms with Crippen LogP contribution in [-0.4, -0.2) is 25.1 Å². The Kier molecular flexibility index (Phi) is 9.10. The van der Waals surface area contributed by atoms with E-state index in [1.54, 1.807) is 6.92 Å². The van der Waals surface area contributed by atoms with E-state index < -0.39 is 5.41 Å². The molecule has 0 saturated carbocycles. The van der Waals surface area contributed by atoms with E-state index in [1.165, 1.54) is 5.56 Å². The molecule has 5 heteroatoms. The lowest BCUT2D eigenvalue weighted by atomic mass is 9.86. The predicted molar refractivity (Wildman–Crippen MR) is 124 cm³/mol. The summed E-state index contributed by atoms with van der Waals surface area (Å²) in [5, 5.41) is 3.01. The second-order valence-corrected chi connectivity index (χ2v) is 8.56. The number of hydrogen-bond acceptors (Lipinski definition) is 4. The Bertz CT molecular complexity index is 889. The lowest BCUT2D eigenvalue weighted by Gasteiger charge is -2.24. The second kappa shape index (κ2) is 11.5. The number of esters is 1. The summed E-state index contributed by atoms with van der Waals surface area (Å²) in [5.74, 6) is 0.671. The second-order valence-electron chi connectivity index (χ2n) is 8.56. The van der Waals surface area contributed by atoms with Crippen molar-refractivity contribution in [1.82, 2.24) is 0 Å². The van der Waals surface area contributed by atoms with Gasteiger partial charge in [-0.25, -0.2) is 0 Å². The normalized spacial score (nSPS) is 11.1. The molecule has 0 radical (unpaired) electrons. The van der Waals surface area contributed by atoms with Crippen LogP contribution in [0.1, 0.15) is 56.7 Å². The van der Waals surface area contributed by atoms with Gasteiger partial charge in [-0.15, -0.1) is 0 Å². The number of aryl methyl sites for hydroxylation is 3. The van der Waals surface area contributed by atoms with Gasteiger partial charge in [0.2, 0.25) is 5.91 Å². The molecule has 5 nitrogen and oxygen atoms in total. The van der Waals surface area contributed by atoms with Gasteiger partial charge in [-0.3, -0.25) is 9.59 Å². The zero-order valence-electron chi connectivity index (χ0n) is 19.4. The van der Waals surface area contributed by atoms with E-state index in [9.17, 15) is 9.59 Å². The van der Waals surface area contributed by atoms with Gasteiger partial charge >= 0.3 is 5.97 Å². The molecule has 0 fully saturated rings. The van der Waals surface area contributed by atoms with Crippen LogP contribution in [0.3, 0.4) is 0 Å². The number of anilines is 1. The van der Waals surface area contributed by atoms with Crippen LogP contribution in [0.5, 0.6) is 5.75 Å². The largest absolute Gasteiger partial charge is 0.493 e. The van der Waals surface area contributed by atoms with Crippen LogP contribution in [0.2, 0.25) is 0 Å². The third-order valence-corrected chi connectivity index (χ3v) is 5.27. The monoisotopic (exact) mass is 425 g/mol. The quantitative estimate of drug-likeness (QED) is 0.375. The minimum atomic E-state index is -0.522. The molecule has 1 N–H and O–H groups in total. The number of amides is 1. The van der Waals surface area contributed by atoms with Gasteiger partial charge < -0.3 is 14.8 Å². The first-order valence-electron chi connectivity index (χ1n) is 11.0. The molecule has 2 aromatic rings. The van der Waals surface area contributed by atoms with Gasteiger partial charge in [0, 0.05) is 17.5 Å². The summed E-state index contributed by atoms with van der Waals surface area (Å²) in [7, 11) is 0. The third-order valence-electron chi connectivity index (χ3n) is 5.27. The molecule has 168 valence electrons. The summed E-state index contributed by atoms with van der Waals surface area (Å²) in [5.41, 5.74) is 3.50. The maximum Gasteiger partial charge on any atom is 0.306 e. The summed E-state index contributed by atoms with van der Waals surface area (Å²) in [6.45, 7) is 10.7. The molecule has 2 rings (SSSR count). The van der Waals surface area contributed by atoms with Crippen LogP contribution in [0, 0.1) is 19.3 Å². The molecule has 0 spiro atoms. The average Bonchev–Trinajstić information content (AvgIpc) is 2.72. The summed E-state index contributed by atoms with van der Waals surface area (Å²) < 4.78 is 10.9. The maximum atomic E-state index is 12.8. The lowest BCUT2D eigenvalue weighted by Crippen LogP contribution is -2.31. The number of carbonyl (C=O) groups excluding carboxylic acids is 2. The van der Waals surface area contributed by atoms with E-state index >= 15 is 0 Å². The maximum absolute atomic E-state index is 12.8. The molecule has 0 atom stereocenters. The first-order chi connectivity index (χ1) is 14.7. The highest BCUT2D eigenvalue weighted by Gasteiger charge is 2.27. The number of rotatable bonds is 11. The zero-order valence-corrected chi connectivity index (χ0v) is 19.4. The predicted octanol–water partition coefficient (Wildman–Crippen LogP) is 5.62. The van der Waals surface area contributed by atoms with Gasteiger partial charge in [0.15, 0.2) is 0 Å². The standard InChI is InChI=1S/C26H35NO4/c1-6-30-24(28)14-13-21-9-7-10-22(18-21)27-25(29)26(4,5)15-8-16-31-23-17-19(2)11-12-20(23)3/h7,9-12,17-18H,6,8,13-16H2,1-5H3,(H,27,29). The Balaban J connectivity index is 1.84. The van der Waals surface area contributed by atoms with Crippen molar-refractivity contribution in [3.05, 3.63) is 59.2 Å². The molecule has 0 saturated heterocycles. The van der Waals surface area contributed by atoms with Crippen molar-refractivity contribution < 1.29 is 19.1 Å². The molecule has 0 aliphatic carbocycles. The number of benzene rings is 2. The first-order valence-corrected chi connectivity index (χ1v) is 11.0. The highest BCUT2D eigenvalue weighted by molar-refractivity contribution is 5.94. The Hall–Kier alpha value is -2.82. The van der Waals surface area contributed by atoms with Gasteiger partial charge in [-0.05, 0) is 74.9 Å². The fourth-order valence-corrected chi connectivity index (χ4v) is 3.26. The third kappa shape index (κ3) is 8.08. The Morgan fingerprint density at radius 3 is 2.58 bits per heavy atom. The summed E-state index contributed by atoms with van der Waals surface area (Å²) in [4.78, 5) is 24.4. The highest BCUT2D eigenvalue weighted by atomic mass is 16.5. The van der Waals surface area contributed by atoms with Crippen LogP contribution in [0.15, 0.2) is 42.5 Å². The molecule has 1 amide bonds. The molecule has 0 heterocycles. The van der Waals surface area contributed by atoms with Crippen LogP contribution < -0.4 is 10.1 Å². The molecule has 2 aromatic carbocycles. The van der Waals surface area contributed by atoms with Gasteiger partial charge in [-0.2, -0.15) is 0 Å². The molecule has 0 aliphatic rings. The number of nitrogens with one attached hydrogen (secondary N) is 1. The highest BCUT2D eigenvalue weighted by Crippen LogP contribution is 2.26. The molecular weight excluding hydrogens is 390 g/mol. The Labute approximate surface area is 186 Å². The van der Waals surface area contributed by atoms with E-state index in [-0.39, 0.29) is 11.9 Å². The van der Waals surface area contributed by atoms with Crippen molar-refractivity contribution in [1.29, 1.82) is 0 Å². The zero-order chi connectivity index (χ0) is 22.9. The number of ether oxygens (including phenoxy) is 2. The van der Waals surface area contributed by atoms with Gasteiger partial charge in [0.1, 0.15) is 5.75 Å². The minimum absolute atomic E-state index is 0.0261. The van der Waals surface area contributed by atoms with E-state index in [1.807, 2.05) is 58.0 Å². The van der Waals surface area contributed by atoms with Crippen molar-refractivity contribution in [3.63, 3.8) is 0 Å². The van der Waals surface area contributed by atoms with Crippen LogP contribution >= 0.6 is 0 Å². The van der Waals surface area contributed by atoms with E-state index in [2.05, 4.69) is 17.4 Å². The molecule has 0 aliphatic heterocycles. The van der Waals surface area contributed by atoms with Gasteiger partial charge in [-0.1, -0.05) is 38.1 Å². The van der Waals surface area contributed by atoms with Gasteiger partial charge in [0.05, 0.1) is 13.2 Å². The van der Waals surface area contributed by atoms with Crippen molar-refractivity contribution in [3.8, 4) is 5.75 Å². The van der Waals surface area contributed by atoms with Crippen molar-refractivity contribution in [2.45, 2.75) is 60.3 Å². The number of carbonyl (C=O) groups is 2. The van der Waals surface area contributed by atoms with Crippen molar-refractivity contribution in [2.24, 2.45) is 5.41 Å².